The zero-order valence-corrected chi connectivity index (χ0v) is 16.4. The number of benzene rings is 1. The van der Waals surface area contributed by atoms with Gasteiger partial charge in [0.15, 0.2) is 0 Å². The van der Waals surface area contributed by atoms with E-state index in [4.69, 9.17) is 0 Å². The van der Waals surface area contributed by atoms with E-state index in [9.17, 15) is 15.0 Å². The van der Waals surface area contributed by atoms with Gasteiger partial charge >= 0.3 is 0 Å². The number of hydrogen-bond donors (Lipinski definition) is 2. The molecule has 3 aliphatic carbocycles. The SMILES string of the molecule is CC(C)(c1ccccc1)c1cc(O)c(C2CC(=O)C3CC2C3(C)C)c(O)n1. The molecule has 0 amide bonds. The molecular formula is C23H27NO3. The summed E-state index contributed by atoms with van der Waals surface area (Å²) in [6.07, 6.45) is 1.22. The second-order valence-electron chi connectivity index (χ2n) is 9.25. The van der Waals surface area contributed by atoms with Gasteiger partial charge in [-0.3, -0.25) is 4.79 Å². The van der Waals surface area contributed by atoms with Gasteiger partial charge in [0.25, 0.3) is 0 Å². The molecule has 2 bridgehead atoms. The summed E-state index contributed by atoms with van der Waals surface area (Å²) in [6.45, 7) is 8.27. The summed E-state index contributed by atoms with van der Waals surface area (Å²) in [5.41, 5.74) is 1.56. The third kappa shape index (κ3) is 2.57. The second kappa shape index (κ2) is 5.82. The lowest BCUT2D eigenvalue weighted by atomic mass is 9.44. The Kier molecular flexibility index (Phi) is 3.88. The summed E-state index contributed by atoms with van der Waals surface area (Å²) in [7, 11) is 0. The minimum atomic E-state index is -0.460. The number of carbonyl (C=O) groups is 1. The lowest BCUT2D eigenvalue weighted by Crippen LogP contribution is -2.56. The van der Waals surface area contributed by atoms with Gasteiger partial charge in [0.2, 0.25) is 5.88 Å². The maximum atomic E-state index is 12.5. The lowest BCUT2D eigenvalue weighted by Gasteiger charge is -2.58. The Bertz CT molecular complexity index is 878. The highest BCUT2D eigenvalue weighted by Crippen LogP contribution is 2.64. The van der Waals surface area contributed by atoms with Crippen molar-refractivity contribution in [3.63, 3.8) is 0 Å². The van der Waals surface area contributed by atoms with Gasteiger partial charge in [-0.1, -0.05) is 58.0 Å². The molecule has 142 valence electrons. The van der Waals surface area contributed by atoms with Crippen LogP contribution in [0.1, 0.15) is 63.3 Å². The molecule has 27 heavy (non-hydrogen) atoms. The standard InChI is InChI=1S/C23H27NO3/c1-22(2,13-8-6-5-7-9-13)19-12-18(26)20(21(27)24-19)14-10-17(25)16-11-15(14)23(16,3)4/h5-9,12,14-16H,10-11H2,1-4H3,(H2,24,26,27). The number of Topliss-reactive ketones (excluding diaryl/α,β-unsaturated/α-hetero) is 1. The van der Waals surface area contributed by atoms with E-state index in [1.165, 1.54) is 0 Å². The first-order chi connectivity index (χ1) is 12.6. The van der Waals surface area contributed by atoms with Gasteiger partial charge in [0.1, 0.15) is 11.5 Å². The van der Waals surface area contributed by atoms with Gasteiger partial charge in [0, 0.05) is 29.7 Å². The molecule has 3 unspecified atom stereocenters. The number of carbonyl (C=O) groups excluding carboxylic acids is 1. The number of ketones is 1. The first-order valence-electron chi connectivity index (χ1n) is 9.65. The van der Waals surface area contributed by atoms with Crippen molar-refractivity contribution in [2.75, 3.05) is 0 Å². The van der Waals surface area contributed by atoms with Crippen molar-refractivity contribution in [3.05, 3.63) is 53.2 Å². The molecule has 3 fully saturated rings. The number of nitrogens with zero attached hydrogens (tertiary/aromatic N) is 1. The first kappa shape index (κ1) is 18.0. The predicted molar refractivity (Wildman–Crippen MR) is 104 cm³/mol. The Balaban J connectivity index is 1.75. The number of hydrogen-bond acceptors (Lipinski definition) is 4. The number of aromatic nitrogens is 1. The minimum absolute atomic E-state index is 0.0421. The van der Waals surface area contributed by atoms with Gasteiger partial charge < -0.3 is 10.2 Å². The van der Waals surface area contributed by atoms with Gasteiger partial charge in [-0.2, -0.15) is 0 Å². The van der Waals surface area contributed by atoms with Crippen molar-refractivity contribution in [2.45, 2.75) is 51.9 Å². The van der Waals surface area contributed by atoms with Crippen LogP contribution in [0.5, 0.6) is 11.6 Å². The van der Waals surface area contributed by atoms with E-state index < -0.39 is 5.41 Å². The molecule has 0 saturated heterocycles. The molecule has 3 atom stereocenters. The predicted octanol–water partition coefficient (Wildman–Crippen LogP) is 4.54. The van der Waals surface area contributed by atoms with Crippen LogP contribution in [-0.2, 0) is 10.2 Å². The third-order valence-corrected chi connectivity index (χ3v) is 7.16. The molecule has 2 aromatic rings. The smallest absolute Gasteiger partial charge is 0.218 e. The normalized spacial score (nSPS) is 26.5. The molecule has 0 spiro atoms. The molecule has 1 aromatic carbocycles. The van der Waals surface area contributed by atoms with Crippen LogP contribution >= 0.6 is 0 Å². The second-order valence-corrected chi connectivity index (χ2v) is 9.25. The summed E-state index contributed by atoms with van der Waals surface area (Å²) in [4.78, 5) is 16.9. The fourth-order valence-electron chi connectivity index (χ4n) is 5.20. The first-order valence-corrected chi connectivity index (χ1v) is 9.65. The van der Waals surface area contributed by atoms with Crippen molar-refractivity contribution in [1.29, 1.82) is 0 Å². The number of aromatic hydroxyl groups is 2. The molecule has 3 saturated carbocycles. The van der Waals surface area contributed by atoms with Crippen LogP contribution in [0.25, 0.3) is 0 Å². The Morgan fingerprint density at radius 3 is 2.37 bits per heavy atom. The van der Waals surface area contributed by atoms with Crippen LogP contribution in [-0.4, -0.2) is 21.0 Å². The Morgan fingerprint density at radius 1 is 1.15 bits per heavy atom. The van der Waals surface area contributed by atoms with Crippen molar-refractivity contribution in [2.24, 2.45) is 17.3 Å². The monoisotopic (exact) mass is 365 g/mol. The molecule has 5 rings (SSSR count). The summed E-state index contributed by atoms with van der Waals surface area (Å²) in [5.74, 6) is 0.367. The third-order valence-electron chi connectivity index (χ3n) is 7.16. The van der Waals surface area contributed by atoms with E-state index in [-0.39, 0.29) is 40.6 Å². The number of rotatable bonds is 3. The fourth-order valence-corrected chi connectivity index (χ4v) is 5.20. The summed E-state index contributed by atoms with van der Waals surface area (Å²) >= 11 is 0. The molecule has 1 heterocycles. The average molecular weight is 365 g/mol. The largest absolute Gasteiger partial charge is 0.507 e. The van der Waals surface area contributed by atoms with Crippen molar-refractivity contribution in [1.82, 2.24) is 4.98 Å². The van der Waals surface area contributed by atoms with E-state index in [1.807, 2.05) is 44.2 Å². The molecule has 4 heteroatoms. The Hall–Kier alpha value is -2.36. The van der Waals surface area contributed by atoms with Crippen LogP contribution in [0.4, 0.5) is 0 Å². The lowest BCUT2D eigenvalue weighted by molar-refractivity contribution is -0.151. The average Bonchev–Trinajstić information content (AvgIpc) is 2.61. The maximum Gasteiger partial charge on any atom is 0.218 e. The highest BCUT2D eigenvalue weighted by molar-refractivity contribution is 5.86. The topological polar surface area (TPSA) is 70.4 Å². The molecular weight excluding hydrogens is 338 g/mol. The van der Waals surface area contributed by atoms with E-state index in [0.29, 0.717) is 17.7 Å². The number of pyridine rings is 1. The van der Waals surface area contributed by atoms with E-state index in [2.05, 4.69) is 18.8 Å². The maximum absolute atomic E-state index is 12.5. The van der Waals surface area contributed by atoms with E-state index >= 15 is 0 Å². The quantitative estimate of drug-likeness (QED) is 0.838. The summed E-state index contributed by atoms with van der Waals surface area (Å²) < 4.78 is 0. The van der Waals surface area contributed by atoms with E-state index in [1.54, 1.807) is 6.07 Å². The molecule has 2 N–H and O–H groups in total. The molecule has 1 aromatic heterocycles. The van der Waals surface area contributed by atoms with Crippen LogP contribution in [0.2, 0.25) is 0 Å². The molecule has 3 aliphatic rings. The van der Waals surface area contributed by atoms with Crippen LogP contribution in [0.15, 0.2) is 36.4 Å². The molecule has 0 radical (unpaired) electrons. The number of fused-ring (bicyclic) bond motifs is 2. The van der Waals surface area contributed by atoms with Gasteiger partial charge in [0.05, 0.1) is 11.3 Å². The minimum Gasteiger partial charge on any atom is -0.507 e. The summed E-state index contributed by atoms with van der Waals surface area (Å²) in [6, 6.07) is 11.6. The molecule has 0 aliphatic heterocycles. The summed E-state index contributed by atoms with van der Waals surface area (Å²) in [5, 5.41) is 21.6. The molecule has 4 nitrogen and oxygen atoms in total. The Morgan fingerprint density at radius 2 is 1.81 bits per heavy atom. The highest BCUT2D eigenvalue weighted by Gasteiger charge is 2.59. The van der Waals surface area contributed by atoms with Gasteiger partial charge in [-0.15, -0.1) is 0 Å². The van der Waals surface area contributed by atoms with Crippen LogP contribution in [0.3, 0.4) is 0 Å². The Labute approximate surface area is 160 Å². The zero-order chi connectivity index (χ0) is 19.6. The van der Waals surface area contributed by atoms with Gasteiger partial charge in [-0.25, -0.2) is 4.98 Å². The highest BCUT2D eigenvalue weighted by atomic mass is 16.3. The van der Waals surface area contributed by atoms with Crippen molar-refractivity contribution >= 4 is 5.78 Å². The fraction of sp³-hybridized carbons (Fsp3) is 0.478. The van der Waals surface area contributed by atoms with Crippen LogP contribution < -0.4 is 0 Å². The van der Waals surface area contributed by atoms with E-state index in [0.717, 1.165) is 12.0 Å². The van der Waals surface area contributed by atoms with Crippen LogP contribution in [0, 0.1) is 17.3 Å². The van der Waals surface area contributed by atoms with Gasteiger partial charge in [-0.05, 0) is 23.3 Å². The van der Waals surface area contributed by atoms with Crippen molar-refractivity contribution < 1.29 is 15.0 Å². The zero-order valence-electron chi connectivity index (χ0n) is 16.4. The van der Waals surface area contributed by atoms with Crippen molar-refractivity contribution in [3.8, 4) is 11.6 Å².